The Bertz CT molecular complexity index is 865. The molecule has 0 N–H and O–H groups in total. The van der Waals surface area contributed by atoms with Crippen molar-refractivity contribution in [1.82, 2.24) is 9.55 Å². The van der Waals surface area contributed by atoms with Crippen molar-refractivity contribution >= 4 is 23.1 Å². The fourth-order valence-electron chi connectivity index (χ4n) is 2.82. The van der Waals surface area contributed by atoms with Crippen molar-refractivity contribution in [2.45, 2.75) is 20.8 Å². The molecule has 0 bridgehead atoms. The molecule has 2 aromatic heterocycles. The zero-order chi connectivity index (χ0) is 16.4. The van der Waals surface area contributed by atoms with E-state index >= 15 is 0 Å². The molecule has 0 saturated heterocycles. The second kappa shape index (κ2) is 6.25. The average molecular weight is 302 g/mol. The van der Waals surface area contributed by atoms with Gasteiger partial charge >= 0.3 is 0 Å². The topological polar surface area (TPSA) is 17.8 Å². The number of hydrogen-bond donors (Lipinski definition) is 0. The summed E-state index contributed by atoms with van der Waals surface area (Å²) >= 11 is 0. The Morgan fingerprint density at radius 3 is 2.52 bits per heavy atom. The van der Waals surface area contributed by atoms with E-state index in [9.17, 15) is 0 Å². The lowest BCUT2D eigenvalue weighted by molar-refractivity contribution is 0.836. The maximum atomic E-state index is 4.32. The van der Waals surface area contributed by atoms with Crippen LogP contribution in [-0.2, 0) is 0 Å². The molecule has 0 aliphatic carbocycles. The minimum atomic E-state index is 0.507. The smallest absolute Gasteiger partial charge is 0.0724 e. The Labute approximate surface area is 137 Å². The van der Waals surface area contributed by atoms with Crippen molar-refractivity contribution in [2.24, 2.45) is 5.92 Å². The maximum Gasteiger partial charge on any atom is 0.0724 e. The van der Waals surface area contributed by atoms with Gasteiger partial charge in [-0.15, -0.1) is 0 Å². The number of aryl methyl sites for hydroxylation is 1. The van der Waals surface area contributed by atoms with Crippen molar-refractivity contribution in [3.05, 3.63) is 72.2 Å². The van der Waals surface area contributed by atoms with Gasteiger partial charge in [0.25, 0.3) is 0 Å². The summed E-state index contributed by atoms with van der Waals surface area (Å²) in [6.07, 6.45) is 10.1. The van der Waals surface area contributed by atoms with Gasteiger partial charge in [-0.05, 0) is 37.1 Å². The normalized spacial score (nSPS) is 11.7. The van der Waals surface area contributed by atoms with E-state index in [0.717, 1.165) is 16.9 Å². The first kappa shape index (κ1) is 15.3. The molecule has 0 amide bonds. The van der Waals surface area contributed by atoms with E-state index in [2.05, 4.69) is 79.4 Å². The van der Waals surface area contributed by atoms with Crippen LogP contribution in [0.15, 0.2) is 55.4 Å². The lowest BCUT2D eigenvalue weighted by Gasteiger charge is -2.09. The molecule has 3 aromatic rings. The number of allylic oxidation sites excluding steroid dienone is 1. The standard InChI is InChI=1S/C21H22N2/c1-5-20-18(11-6-15(2)3)19-12-13-22-14-21(19)23(20)17-9-7-16(4)8-10-17/h5-15H,1H2,2-4H3/b11-6-. The Balaban J connectivity index is 2.32. The molecule has 23 heavy (non-hydrogen) atoms. The van der Waals surface area contributed by atoms with E-state index in [-0.39, 0.29) is 0 Å². The van der Waals surface area contributed by atoms with E-state index in [1.165, 1.54) is 16.5 Å². The van der Waals surface area contributed by atoms with Crippen molar-refractivity contribution in [3.63, 3.8) is 0 Å². The van der Waals surface area contributed by atoms with Gasteiger partial charge in [0.05, 0.1) is 17.4 Å². The number of fused-ring (bicyclic) bond motifs is 1. The predicted molar refractivity (Wildman–Crippen MR) is 99.8 cm³/mol. The molecule has 0 aliphatic heterocycles. The highest BCUT2D eigenvalue weighted by atomic mass is 15.0. The first-order valence-electron chi connectivity index (χ1n) is 7.98. The Hall–Kier alpha value is -2.61. The van der Waals surface area contributed by atoms with Crippen LogP contribution in [0, 0.1) is 12.8 Å². The lowest BCUT2D eigenvalue weighted by Crippen LogP contribution is -1.97. The highest BCUT2D eigenvalue weighted by Crippen LogP contribution is 2.31. The Morgan fingerprint density at radius 1 is 1.13 bits per heavy atom. The van der Waals surface area contributed by atoms with Crippen LogP contribution in [0.25, 0.3) is 28.7 Å². The van der Waals surface area contributed by atoms with Gasteiger partial charge in [0.15, 0.2) is 0 Å². The van der Waals surface area contributed by atoms with E-state index in [4.69, 9.17) is 0 Å². The monoisotopic (exact) mass is 302 g/mol. The van der Waals surface area contributed by atoms with Crippen LogP contribution < -0.4 is 0 Å². The molecule has 0 spiro atoms. The van der Waals surface area contributed by atoms with Crippen molar-refractivity contribution in [2.75, 3.05) is 0 Å². The van der Waals surface area contributed by atoms with Crippen LogP contribution in [0.2, 0.25) is 0 Å². The molecule has 0 aliphatic rings. The first-order chi connectivity index (χ1) is 11.1. The molecule has 2 heteroatoms. The van der Waals surface area contributed by atoms with Gasteiger partial charge in [0.2, 0.25) is 0 Å². The fraction of sp³-hybridized carbons (Fsp3) is 0.190. The molecule has 3 rings (SSSR count). The zero-order valence-corrected chi connectivity index (χ0v) is 14.0. The summed E-state index contributed by atoms with van der Waals surface area (Å²) in [6.45, 7) is 10.5. The summed E-state index contributed by atoms with van der Waals surface area (Å²) in [6, 6.07) is 10.6. The van der Waals surface area contributed by atoms with E-state index in [0.29, 0.717) is 5.92 Å². The third kappa shape index (κ3) is 2.85. The van der Waals surface area contributed by atoms with E-state index < -0.39 is 0 Å². The molecular formula is C21H22N2. The van der Waals surface area contributed by atoms with Gasteiger partial charge in [0.1, 0.15) is 0 Å². The first-order valence-corrected chi connectivity index (χ1v) is 7.98. The van der Waals surface area contributed by atoms with Crippen LogP contribution in [-0.4, -0.2) is 9.55 Å². The molecule has 0 fully saturated rings. The maximum absolute atomic E-state index is 4.32. The summed E-state index contributed by atoms with van der Waals surface area (Å²) in [5.74, 6) is 0.507. The number of benzene rings is 1. The van der Waals surface area contributed by atoms with Crippen LogP contribution in [0.5, 0.6) is 0 Å². The summed E-state index contributed by atoms with van der Waals surface area (Å²) in [4.78, 5) is 4.32. The highest BCUT2D eigenvalue weighted by Gasteiger charge is 2.14. The SMILES string of the molecule is C=Cc1c(/C=C\C(C)C)c2ccncc2n1-c1ccc(C)cc1. The predicted octanol–water partition coefficient (Wildman–Crippen LogP) is 5.65. The van der Waals surface area contributed by atoms with Gasteiger partial charge in [-0.25, -0.2) is 0 Å². The quantitative estimate of drug-likeness (QED) is 0.609. The molecule has 2 heterocycles. The second-order valence-corrected chi connectivity index (χ2v) is 6.17. The molecular weight excluding hydrogens is 280 g/mol. The van der Waals surface area contributed by atoms with Gasteiger partial charge in [-0.1, -0.05) is 50.3 Å². The van der Waals surface area contributed by atoms with Crippen molar-refractivity contribution in [3.8, 4) is 5.69 Å². The van der Waals surface area contributed by atoms with Gasteiger partial charge in [0, 0.05) is 22.8 Å². The number of pyridine rings is 1. The molecule has 0 radical (unpaired) electrons. The molecule has 0 atom stereocenters. The summed E-state index contributed by atoms with van der Waals surface area (Å²) in [5, 5.41) is 1.20. The van der Waals surface area contributed by atoms with E-state index in [1.54, 1.807) is 0 Å². The largest absolute Gasteiger partial charge is 0.308 e. The van der Waals surface area contributed by atoms with Gasteiger partial charge < -0.3 is 4.57 Å². The fourth-order valence-corrected chi connectivity index (χ4v) is 2.82. The number of rotatable bonds is 4. The van der Waals surface area contributed by atoms with Gasteiger partial charge in [-0.2, -0.15) is 0 Å². The third-order valence-electron chi connectivity index (χ3n) is 3.98. The van der Waals surface area contributed by atoms with Crippen molar-refractivity contribution < 1.29 is 0 Å². The third-order valence-corrected chi connectivity index (χ3v) is 3.98. The minimum Gasteiger partial charge on any atom is -0.308 e. The molecule has 0 saturated carbocycles. The molecule has 2 nitrogen and oxygen atoms in total. The molecule has 0 unspecified atom stereocenters. The van der Waals surface area contributed by atoms with Crippen LogP contribution in [0.1, 0.15) is 30.7 Å². The van der Waals surface area contributed by atoms with Crippen LogP contribution >= 0.6 is 0 Å². The second-order valence-electron chi connectivity index (χ2n) is 6.17. The van der Waals surface area contributed by atoms with Crippen molar-refractivity contribution in [1.29, 1.82) is 0 Å². The minimum absolute atomic E-state index is 0.507. The number of hydrogen-bond acceptors (Lipinski definition) is 1. The zero-order valence-electron chi connectivity index (χ0n) is 14.0. The van der Waals surface area contributed by atoms with Crippen LogP contribution in [0.3, 0.4) is 0 Å². The summed E-state index contributed by atoms with van der Waals surface area (Å²) < 4.78 is 2.23. The average Bonchev–Trinajstić information content (AvgIpc) is 2.87. The highest BCUT2D eigenvalue weighted by molar-refractivity contribution is 5.94. The molecule has 116 valence electrons. The Kier molecular flexibility index (Phi) is 4.16. The molecule has 1 aromatic carbocycles. The Morgan fingerprint density at radius 2 is 1.87 bits per heavy atom. The lowest BCUT2D eigenvalue weighted by atomic mass is 10.1. The number of nitrogens with zero attached hydrogens (tertiary/aromatic N) is 2. The summed E-state index contributed by atoms with van der Waals surface area (Å²) in [5.41, 5.74) is 5.80. The van der Waals surface area contributed by atoms with Crippen LogP contribution in [0.4, 0.5) is 0 Å². The van der Waals surface area contributed by atoms with Gasteiger partial charge in [-0.3, -0.25) is 4.98 Å². The summed E-state index contributed by atoms with van der Waals surface area (Å²) in [7, 11) is 0. The van der Waals surface area contributed by atoms with E-state index in [1.807, 2.05) is 18.5 Å². The number of aromatic nitrogens is 2.